The molecule has 0 radical (unpaired) electrons. The lowest BCUT2D eigenvalue weighted by atomic mass is 10.1. The monoisotopic (exact) mass is 432 g/mol. The minimum atomic E-state index is -0.823. The second kappa shape index (κ2) is 9.71. The largest absolute Gasteiger partial charge is 0.486 e. The predicted octanol–water partition coefficient (Wildman–Crippen LogP) is 4.50. The van der Waals surface area contributed by atoms with E-state index in [1.54, 1.807) is 0 Å². The fourth-order valence-electron chi connectivity index (χ4n) is 2.92. The second-order valence-electron chi connectivity index (χ2n) is 6.72. The van der Waals surface area contributed by atoms with Crippen LogP contribution in [0.5, 0.6) is 5.75 Å². The molecular formula is C21H22F2N4O2S. The van der Waals surface area contributed by atoms with E-state index in [-0.39, 0.29) is 18.0 Å². The van der Waals surface area contributed by atoms with Gasteiger partial charge in [-0.15, -0.1) is 10.2 Å². The Hall–Kier alpha value is -2.94. The van der Waals surface area contributed by atoms with Crippen LogP contribution in [0.4, 0.5) is 14.5 Å². The average molecular weight is 432 g/mol. The molecule has 158 valence electrons. The van der Waals surface area contributed by atoms with E-state index in [4.69, 9.17) is 4.74 Å². The maximum atomic E-state index is 13.7. The third-order valence-corrected chi connectivity index (χ3v) is 5.18. The molecule has 0 aliphatic carbocycles. The number of hydrogen-bond acceptors (Lipinski definition) is 5. The van der Waals surface area contributed by atoms with Crippen LogP contribution in [0.2, 0.25) is 0 Å². The van der Waals surface area contributed by atoms with E-state index in [1.165, 1.54) is 17.8 Å². The highest BCUT2D eigenvalue weighted by atomic mass is 32.2. The second-order valence-corrected chi connectivity index (χ2v) is 7.66. The van der Waals surface area contributed by atoms with Crippen LogP contribution in [-0.2, 0) is 17.9 Å². The maximum Gasteiger partial charge on any atom is 0.234 e. The number of nitrogens with one attached hydrogen (secondary N) is 1. The van der Waals surface area contributed by atoms with Crippen molar-refractivity contribution < 1.29 is 18.3 Å². The molecule has 1 heterocycles. The van der Waals surface area contributed by atoms with Crippen LogP contribution in [0, 0.1) is 25.5 Å². The Kier molecular flexibility index (Phi) is 7.04. The molecule has 6 nitrogen and oxygen atoms in total. The van der Waals surface area contributed by atoms with Crippen molar-refractivity contribution in [3.63, 3.8) is 0 Å². The number of amides is 1. The van der Waals surface area contributed by atoms with Crippen LogP contribution in [0.15, 0.2) is 41.6 Å². The molecule has 1 aromatic heterocycles. The van der Waals surface area contributed by atoms with Gasteiger partial charge in [-0.1, -0.05) is 17.8 Å². The summed E-state index contributed by atoms with van der Waals surface area (Å²) in [5.41, 5.74) is 2.16. The quantitative estimate of drug-likeness (QED) is 0.531. The minimum absolute atomic E-state index is 0.00683. The molecule has 1 amide bonds. The number of anilines is 1. The first-order valence-corrected chi connectivity index (χ1v) is 10.3. The van der Waals surface area contributed by atoms with Crippen molar-refractivity contribution in [1.82, 2.24) is 14.8 Å². The summed E-state index contributed by atoms with van der Waals surface area (Å²) in [4.78, 5) is 12.1. The van der Waals surface area contributed by atoms with Gasteiger partial charge in [0.25, 0.3) is 0 Å². The molecule has 0 saturated heterocycles. The molecule has 30 heavy (non-hydrogen) atoms. The SMILES string of the molecule is CCn1c(COc2cc(C)cc(C)c2)nnc1SCC(=O)Nc1ccc(F)cc1F. The van der Waals surface area contributed by atoms with E-state index in [9.17, 15) is 13.6 Å². The Balaban J connectivity index is 1.60. The summed E-state index contributed by atoms with van der Waals surface area (Å²) in [5.74, 6) is -0.545. The molecule has 0 spiro atoms. The van der Waals surface area contributed by atoms with Crippen LogP contribution < -0.4 is 10.1 Å². The molecule has 2 aromatic carbocycles. The number of rotatable bonds is 8. The number of halogens is 2. The molecule has 3 rings (SSSR count). The van der Waals surface area contributed by atoms with Crippen molar-refractivity contribution in [2.24, 2.45) is 0 Å². The highest BCUT2D eigenvalue weighted by molar-refractivity contribution is 7.99. The summed E-state index contributed by atoms with van der Waals surface area (Å²) in [6, 6.07) is 8.96. The van der Waals surface area contributed by atoms with Gasteiger partial charge in [0.2, 0.25) is 5.91 Å². The maximum absolute atomic E-state index is 13.7. The third-order valence-electron chi connectivity index (χ3n) is 4.21. The molecule has 1 N–H and O–H groups in total. The van der Waals surface area contributed by atoms with Gasteiger partial charge < -0.3 is 14.6 Å². The Labute approximate surface area is 177 Å². The van der Waals surface area contributed by atoms with Crippen molar-refractivity contribution in [3.8, 4) is 5.75 Å². The first-order valence-electron chi connectivity index (χ1n) is 9.36. The van der Waals surface area contributed by atoms with Crippen LogP contribution in [0.1, 0.15) is 23.9 Å². The Morgan fingerprint density at radius 3 is 2.53 bits per heavy atom. The van der Waals surface area contributed by atoms with Gasteiger partial charge in [-0.3, -0.25) is 4.79 Å². The molecule has 9 heteroatoms. The van der Waals surface area contributed by atoms with Crippen LogP contribution in [-0.4, -0.2) is 26.4 Å². The zero-order valence-electron chi connectivity index (χ0n) is 16.9. The van der Waals surface area contributed by atoms with E-state index in [0.29, 0.717) is 17.5 Å². The standard InChI is InChI=1S/C21H22F2N4O2S/c1-4-27-19(11-29-16-8-13(2)7-14(3)9-16)25-26-21(27)30-12-20(28)24-18-6-5-15(22)10-17(18)23/h5-10H,4,11-12H2,1-3H3,(H,24,28). The fourth-order valence-corrected chi connectivity index (χ4v) is 3.74. The average Bonchev–Trinajstić information content (AvgIpc) is 3.08. The lowest BCUT2D eigenvalue weighted by Crippen LogP contribution is -2.16. The number of benzene rings is 2. The highest BCUT2D eigenvalue weighted by Crippen LogP contribution is 2.21. The van der Waals surface area contributed by atoms with Crippen LogP contribution in [0.25, 0.3) is 0 Å². The van der Waals surface area contributed by atoms with E-state index in [0.717, 1.165) is 29.0 Å². The number of nitrogens with zero attached hydrogens (tertiary/aromatic N) is 3. The summed E-state index contributed by atoms with van der Waals surface area (Å²) >= 11 is 1.18. The number of carbonyl (C=O) groups is 1. The number of hydrogen-bond donors (Lipinski definition) is 1. The van der Waals surface area contributed by atoms with Crippen molar-refractivity contribution in [3.05, 3.63) is 65.0 Å². The lowest BCUT2D eigenvalue weighted by Gasteiger charge is -2.10. The van der Waals surface area contributed by atoms with Gasteiger partial charge >= 0.3 is 0 Å². The Morgan fingerprint density at radius 2 is 1.87 bits per heavy atom. The van der Waals surface area contributed by atoms with Gasteiger partial charge in [-0.05, 0) is 56.2 Å². The third kappa shape index (κ3) is 5.56. The van der Waals surface area contributed by atoms with Gasteiger partial charge in [0.1, 0.15) is 24.0 Å². The topological polar surface area (TPSA) is 69.0 Å². The highest BCUT2D eigenvalue weighted by Gasteiger charge is 2.15. The number of aromatic nitrogens is 3. The van der Waals surface area contributed by atoms with E-state index in [2.05, 4.69) is 21.6 Å². The predicted molar refractivity (Wildman–Crippen MR) is 112 cm³/mol. The van der Waals surface area contributed by atoms with E-state index in [1.807, 2.05) is 37.5 Å². The summed E-state index contributed by atoms with van der Waals surface area (Å²) < 4.78 is 34.3. The van der Waals surface area contributed by atoms with Crippen molar-refractivity contribution >= 4 is 23.4 Å². The van der Waals surface area contributed by atoms with Gasteiger partial charge in [0.15, 0.2) is 11.0 Å². The molecule has 0 aliphatic heterocycles. The van der Waals surface area contributed by atoms with Gasteiger partial charge in [-0.25, -0.2) is 8.78 Å². The van der Waals surface area contributed by atoms with Gasteiger partial charge in [-0.2, -0.15) is 0 Å². The lowest BCUT2D eigenvalue weighted by molar-refractivity contribution is -0.113. The summed E-state index contributed by atoms with van der Waals surface area (Å²) in [7, 11) is 0. The minimum Gasteiger partial charge on any atom is -0.486 e. The van der Waals surface area contributed by atoms with Crippen molar-refractivity contribution in [2.45, 2.75) is 39.1 Å². The molecule has 3 aromatic rings. The van der Waals surface area contributed by atoms with E-state index >= 15 is 0 Å². The molecule has 0 unspecified atom stereocenters. The number of aryl methyl sites for hydroxylation is 2. The first-order chi connectivity index (χ1) is 14.4. The van der Waals surface area contributed by atoms with E-state index < -0.39 is 17.5 Å². The summed E-state index contributed by atoms with van der Waals surface area (Å²) in [5, 5.41) is 11.3. The first kappa shape index (κ1) is 21.8. The Bertz CT molecular complexity index is 1040. The number of ether oxygens (including phenoxy) is 1. The number of thioether (sulfide) groups is 1. The zero-order chi connectivity index (χ0) is 21.7. The normalized spacial score (nSPS) is 10.8. The van der Waals surface area contributed by atoms with Gasteiger partial charge in [0.05, 0.1) is 11.4 Å². The smallest absolute Gasteiger partial charge is 0.234 e. The zero-order valence-corrected chi connectivity index (χ0v) is 17.7. The van der Waals surface area contributed by atoms with Crippen molar-refractivity contribution in [1.29, 1.82) is 0 Å². The summed E-state index contributed by atoms with van der Waals surface area (Å²) in [6.45, 7) is 6.81. The summed E-state index contributed by atoms with van der Waals surface area (Å²) in [6.07, 6.45) is 0. The Morgan fingerprint density at radius 1 is 1.13 bits per heavy atom. The molecule has 0 bridgehead atoms. The van der Waals surface area contributed by atoms with Gasteiger partial charge in [0, 0.05) is 12.6 Å². The molecular weight excluding hydrogens is 410 g/mol. The molecule has 0 fully saturated rings. The molecule has 0 atom stereocenters. The fraction of sp³-hybridized carbons (Fsp3) is 0.286. The number of carbonyl (C=O) groups excluding carboxylic acids is 1. The molecule has 0 saturated carbocycles. The van der Waals surface area contributed by atoms with Crippen molar-refractivity contribution in [2.75, 3.05) is 11.1 Å². The molecule has 0 aliphatic rings. The van der Waals surface area contributed by atoms with Crippen LogP contribution >= 0.6 is 11.8 Å². The van der Waals surface area contributed by atoms with Crippen LogP contribution in [0.3, 0.4) is 0 Å².